The number of nitrogens with zero attached hydrogens (tertiary/aromatic N) is 7. The van der Waals surface area contributed by atoms with E-state index in [0.29, 0.717) is 11.1 Å². The van der Waals surface area contributed by atoms with Crippen LogP contribution in [0.25, 0.3) is 5.69 Å². The van der Waals surface area contributed by atoms with Crippen LogP contribution in [0.1, 0.15) is 37.0 Å². The molecule has 0 N–H and O–H groups in total. The second kappa shape index (κ2) is 7.41. The topological polar surface area (TPSA) is 72.6 Å². The van der Waals surface area contributed by atoms with Gasteiger partial charge in [-0.3, -0.25) is 4.57 Å². The van der Waals surface area contributed by atoms with Gasteiger partial charge in [0, 0.05) is 20.0 Å². The molecular formula is C18H23N7S. The molecule has 0 bridgehead atoms. The minimum absolute atomic E-state index is 0.215. The minimum atomic E-state index is 0.215. The Balaban J connectivity index is 2.04. The monoisotopic (exact) mass is 369 g/mol. The normalized spacial score (nSPS) is 11.2. The molecule has 0 saturated heterocycles. The van der Waals surface area contributed by atoms with Crippen molar-refractivity contribution in [1.29, 1.82) is 0 Å². The first-order valence-corrected chi connectivity index (χ1v) is 9.27. The van der Waals surface area contributed by atoms with Crippen LogP contribution in [0.4, 0.5) is 5.95 Å². The van der Waals surface area contributed by atoms with Crippen LogP contribution in [-0.4, -0.2) is 43.8 Å². The third-order valence-electron chi connectivity index (χ3n) is 3.87. The maximum absolute atomic E-state index is 4.61. The highest BCUT2D eigenvalue weighted by Gasteiger charge is 2.18. The van der Waals surface area contributed by atoms with Gasteiger partial charge in [-0.2, -0.15) is 9.97 Å². The molecule has 0 amide bonds. The van der Waals surface area contributed by atoms with Crippen molar-refractivity contribution in [1.82, 2.24) is 29.7 Å². The fourth-order valence-electron chi connectivity index (χ4n) is 2.45. The summed E-state index contributed by atoms with van der Waals surface area (Å²) >= 11 is 1.40. The van der Waals surface area contributed by atoms with Gasteiger partial charge in [0.25, 0.3) is 0 Å². The lowest BCUT2D eigenvalue weighted by Gasteiger charge is -2.14. The maximum Gasteiger partial charge on any atom is 0.229 e. The summed E-state index contributed by atoms with van der Waals surface area (Å²) in [5.74, 6) is 2.45. The van der Waals surface area contributed by atoms with Crippen molar-refractivity contribution in [2.45, 2.75) is 43.9 Å². The number of hydrogen-bond acceptors (Lipinski definition) is 7. The molecule has 3 aromatic rings. The summed E-state index contributed by atoms with van der Waals surface area (Å²) < 4.78 is 2.04. The molecule has 1 aromatic carbocycles. The van der Waals surface area contributed by atoms with E-state index >= 15 is 0 Å². The van der Waals surface area contributed by atoms with Crippen LogP contribution in [0.3, 0.4) is 0 Å². The molecule has 0 saturated carbocycles. The molecule has 2 aromatic heterocycles. The van der Waals surface area contributed by atoms with E-state index in [-0.39, 0.29) is 5.92 Å². The van der Waals surface area contributed by atoms with E-state index < -0.39 is 0 Å². The fourth-order valence-corrected chi connectivity index (χ4v) is 3.28. The van der Waals surface area contributed by atoms with Crippen LogP contribution >= 0.6 is 11.8 Å². The zero-order valence-corrected chi connectivity index (χ0v) is 16.7. The van der Waals surface area contributed by atoms with Crippen molar-refractivity contribution in [3.63, 3.8) is 0 Å². The quantitative estimate of drug-likeness (QED) is 0.682. The molecule has 0 spiro atoms. The first kappa shape index (κ1) is 18.3. The Hall–Kier alpha value is -2.48. The molecule has 8 heteroatoms. The predicted octanol–water partition coefficient (Wildman–Crippen LogP) is 3.41. The van der Waals surface area contributed by atoms with E-state index in [1.807, 2.05) is 42.6 Å². The van der Waals surface area contributed by atoms with Gasteiger partial charge in [0.15, 0.2) is 0 Å². The largest absolute Gasteiger partial charge is 0.347 e. The smallest absolute Gasteiger partial charge is 0.229 e. The van der Waals surface area contributed by atoms with E-state index in [2.05, 4.69) is 58.1 Å². The summed E-state index contributed by atoms with van der Waals surface area (Å²) in [6, 6.07) is 8.18. The van der Waals surface area contributed by atoms with Crippen molar-refractivity contribution < 1.29 is 0 Å². The molecule has 2 heterocycles. The predicted molar refractivity (Wildman–Crippen MR) is 103 cm³/mol. The highest BCUT2D eigenvalue weighted by atomic mass is 32.2. The maximum atomic E-state index is 4.61. The number of anilines is 1. The molecule has 136 valence electrons. The highest BCUT2D eigenvalue weighted by molar-refractivity contribution is 7.99. The second-order valence-electron chi connectivity index (χ2n) is 6.58. The Kier molecular flexibility index (Phi) is 5.22. The molecule has 0 atom stereocenters. The number of aryl methyl sites for hydroxylation is 2. The van der Waals surface area contributed by atoms with Crippen molar-refractivity contribution in [2.24, 2.45) is 0 Å². The third-order valence-corrected chi connectivity index (χ3v) is 4.68. The van der Waals surface area contributed by atoms with Gasteiger partial charge in [0.2, 0.25) is 16.3 Å². The Labute approximate surface area is 157 Å². The lowest BCUT2D eigenvalue weighted by atomic mass is 10.2. The van der Waals surface area contributed by atoms with Crippen LogP contribution in [0.15, 0.2) is 34.6 Å². The highest BCUT2D eigenvalue weighted by Crippen LogP contribution is 2.29. The van der Waals surface area contributed by atoms with Crippen LogP contribution in [0.5, 0.6) is 0 Å². The summed E-state index contributed by atoms with van der Waals surface area (Å²) in [5, 5.41) is 9.95. The molecule has 7 nitrogen and oxygen atoms in total. The molecule has 0 radical (unpaired) electrons. The lowest BCUT2D eigenvalue weighted by molar-refractivity contribution is 0.714. The molecule has 0 aliphatic heterocycles. The van der Waals surface area contributed by atoms with Crippen LogP contribution in [0.2, 0.25) is 0 Å². The molecule has 0 aliphatic rings. The Morgan fingerprint density at radius 3 is 2.38 bits per heavy atom. The number of hydrogen-bond donors (Lipinski definition) is 0. The Morgan fingerprint density at radius 1 is 1.00 bits per heavy atom. The van der Waals surface area contributed by atoms with E-state index in [1.54, 1.807) is 0 Å². The molecule has 0 fully saturated rings. The van der Waals surface area contributed by atoms with Crippen molar-refractivity contribution in [2.75, 3.05) is 19.0 Å². The number of rotatable bonds is 5. The number of benzene rings is 1. The molecule has 26 heavy (non-hydrogen) atoms. The first-order valence-electron chi connectivity index (χ1n) is 8.46. The van der Waals surface area contributed by atoms with E-state index in [0.717, 1.165) is 28.1 Å². The number of para-hydroxylation sites is 1. The lowest BCUT2D eigenvalue weighted by Crippen LogP contribution is -2.16. The average Bonchev–Trinajstić information content (AvgIpc) is 2.95. The van der Waals surface area contributed by atoms with Gasteiger partial charge in [-0.05, 0) is 37.2 Å². The Morgan fingerprint density at radius 2 is 1.73 bits per heavy atom. The van der Waals surface area contributed by atoms with Crippen LogP contribution < -0.4 is 4.90 Å². The van der Waals surface area contributed by atoms with Crippen molar-refractivity contribution in [3.05, 3.63) is 41.5 Å². The summed E-state index contributed by atoms with van der Waals surface area (Å²) in [5.41, 5.74) is 2.22. The van der Waals surface area contributed by atoms with E-state index in [9.17, 15) is 0 Å². The van der Waals surface area contributed by atoms with Gasteiger partial charge in [0.05, 0.1) is 5.69 Å². The van der Waals surface area contributed by atoms with E-state index in [1.165, 1.54) is 11.8 Å². The zero-order chi connectivity index (χ0) is 18.8. The van der Waals surface area contributed by atoms with Gasteiger partial charge in [-0.15, -0.1) is 10.2 Å². The fraction of sp³-hybridized carbons (Fsp3) is 0.389. The second-order valence-corrected chi connectivity index (χ2v) is 7.51. The summed E-state index contributed by atoms with van der Waals surface area (Å²) in [6.07, 6.45) is 0. The van der Waals surface area contributed by atoms with Gasteiger partial charge in [0.1, 0.15) is 11.6 Å². The SMILES string of the molecule is Cc1ccccc1-n1c(C)nnc1Sc1nc(C(C)C)nc(N(C)C)n1. The van der Waals surface area contributed by atoms with Crippen molar-refractivity contribution >= 4 is 17.7 Å². The van der Waals surface area contributed by atoms with Gasteiger partial charge in [-0.25, -0.2) is 4.98 Å². The first-order chi connectivity index (χ1) is 12.4. The van der Waals surface area contributed by atoms with Gasteiger partial charge >= 0.3 is 0 Å². The van der Waals surface area contributed by atoms with Gasteiger partial charge < -0.3 is 4.90 Å². The zero-order valence-electron chi connectivity index (χ0n) is 15.9. The summed E-state index contributed by atoms with van der Waals surface area (Å²) in [7, 11) is 3.85. The van der Waals surface area contributed by atoms with Crippen LogP contribution in [-0.2, 0) is 0 Å². The summed E-state index contributed by atoms with van der Waals surface area (Å²) in [4.78, 5) is 15.6. The third kappa shape index (κ3) is 3.70. The molecule has 0 unspecified atom stereocenters. The van der Waals surface area contributed by atoms with Gasteiger partial charge in [-0.1, -0.05) is 32.0 Å². The van der Waals surface area contributed by atoms with E-state index in [4.69, 9.17) is 0 Å². The minimum Gasteiger partial charge on any atom is -0.347 e. The molecule has 3 rings (SSSR count). The summed E-state index contributed by atoms with van der Waals surface area (Å²) in [6.45, 7) is 8.17. The van der Waals surface area contributed by atoms with Crippen LogP contribution in [0, 0.1) is 13.8 Å². The molecule has 0 aliphatic carbocycles. The number of aromatic nitrogens is 6. The molecular weight excluding hydrogens is 346 g/mol. The Bertz CT molecular complexity index is 891. The van der Waals surface area contributed by atoms with Crippen molar-refractivity contribution in [3.8, 4) is 5.69 Å². The average molecular weight is 369 g/mol. The standard InChI is InChI=1S/C18H23N7S/c1-11(2)15-19-16(24(5)6)21-17(20-15)26-18-23-22-13(4)25(18)14-10-8-7-9-12(14)3/h7-11H,1-6H3.